The highest BCUT2D eigenvalue weighted by Gasteiger charge is 2.12. The van der Waals surface area contributed by atoms with E-state index in [4.69, 9.17) is 0 Å². The van der Waals surface area contributed by atoms with Crippen molar-refractivity contribution < 1.29 is 13.7 Å². The van der Waals surface area contributed by atoms with Crippen LogP contribution in [0, 0.1) is 28.7 Å². The maximum atomic E-state index is 13.4. The molecule has 0 aliphatic rings. The number of nitrogens with one attached hydrogen (secondary N) is 1. The zero-order valence-electron chi connectivity index (χ0n) is 10.7. The van der Waals surface area contributed by atoms with Gasteiger partial charge in [0, 0.05) is 18.2 Å². The van der Waals surface area contributed by atoms with Crippen LogP contribution in [0.25, 0.3) is 0 Å². The van der Waals surface area contributed by atoms with Crippen LogP contribution >= 0.6 is 0 Å². The third-order valence-corrected chi connectivity index (χ3v) is 2.90. The Kier molecular flexibility index (Phi) is 3.93. The first-order valence-corrected chi connectivity index (χ1v) is 5.91. The Labute approximate surface area is 114 Å². The Hall–Kier alpha value is -2.50. The van der Waals surface area contributed by atoms with Crippen molar-refractivity contribution in [3.8, 4) is 0 Å². The van der Waals surface area contributed by atoms with Crippen LogP contribution in [0.3, 0.4) is 0 Å². The molecule has 0 atom stereocenters. The summed E-state index contributed by atoms with van der Waals surface area (Å²) in [5.74, 6) is -1.90. The summed E-state index contributed by atoms with van der Waals surface area (Å²) in [6.07, 6.45) is 0. The number of nitro benzene ring substituents is 1. The molecule has 0 aliphatic heterocycles. The monoisotopic (exact) mass is 278 g/mol. The lowest BCUT2D eigenvalue weighted by molar-refractivity contribution is -0.385. The molecule has 0 radical (unpaired) electrons. The van der Waals surface area contributed by atoms with Gasteiger partial charge in [0.15, 0.2) is 11.6 Å². The van der Waals surface area contributed by atoms with Crippen molar-refractivity contribution >= 4 is 11.4 Å². The van der Waals surface area contributed by atoms with Gasteiger partial charge in [-0.2, -0.15) is 0 Å². The third-order valence-electron chi connectivity index (χ3n) is 2.90. The molecule has 0 unspecified atom stereocenters. The van der Waals surface area contributed by atoms with Crippen LogP contribution in [0.5, 0.6) is 0 Å². The van der Waals surface area contributed by atoms with Gasteiger partial charge < -0.3 is 5.32 Å². The van der Waals surface area contributed by atoms with Crippen molar-refractivity contribution in [2.75, 3.05) is 5.32 Å². The van der Waals surface area contributed by atoms with Crippen molar-refractivity contribution in [1.29, 1.82) is 0 Å². The number of halogens is 2. The summed E-state index contributed by atoms with van der Waals surface area (Å²) < 4.78 is 26.5. The molecular weight excluding hydrogens is 266 g/mol. The fraction of sp³-hybridized carbons (Fsp3) is 0.143. The van der Waals surface area contributed by atoms with E-state index in [2.05, 4.69) is 5.32 Å². The number of nitrogens with zero attached hydrogens (tertiary/aromatic N) is 1. The van der Waals surface area contributed by atoms with Gasteiger partial charge in [0.05, 0.1) is 10.6 Å². The van der Waals surface area contributed by atoms with Gasteiger partial charge in [0.1, 0.15) is 0 Å². The largest absolute Gasteiger partial charge is 0.379 e. The van der Waals surface area contributed by atoms with Crippen molar-refractivity contribution in [3.63, 3.8) is 0 Å². The summed E-state index contributed by atoms with van der Waals surface area (Å²) >= 11 is 0. The average molecular weight is 278 g/mol. The summed E-state index contributed by atoms with van der Waals surface area (Å²) in [6.45, 7) is 1.81. The summed E-state index contributed by atoms with van der Waals surface area (Å²) in [4.78, 5) is 10.4. The lowest BCUT2D eigenvalue weighted by Crippen LogP contribution is -2.03. The Bertz CT molecular complexity index is 660. The molecule has 20 heavy (non-hydrogen) atoms. The van der Waals surface area contributed by atoms with Crippen molar-refractivity contribution in [2.24, 2.45) is 0 Å². The lowest BCUT2D eigenvalue weighted by atomic mass is 10.1. The molecule has 1 N–H and O–H groups in total. The van der Waals surface area contributed by atoms with Crippen molar-refractivity contribution in [1.82, 2.24) is 0 Å². The smallest absolute Gasteiger partial charge is 0.272 e. The van der Waals surface area contributed by atoms with E-state index in [0.717, 1.165) is 6.07 Å². The second kappa shape index (κ2) is 5.64. The van der Waals surface area contributed by atoms with E-state index in [-0.39, 0.29) is 17.9 Å². The van der Waals surface area contributed by atoms with Gasteiger partial charge in [0.25, 0.3) is 5.69 Å². The topological polar surface area (TPSA) is 55.2 Å². The van der Waals surface area contributed by atoms with Crippen LogP contribution in [-0.2, 0) is 6.54 Å². The van der Waals surface area contributed by atoms with Crippen LogP contribution in [0.1, 0.15) is 11.1 Å². The predicted octanol–water partition coefficient (Wildman–Crippen LogP) is 3.79. The van der Waals surface area contributed by atoms with E-state index in [1.165, 1.54) is 18.2 Å². The molecule has 0 amide bonds. The van der Waals surface area contributed by atoms with Crippen LogP contribution in [-0.4, -0.2) is 4.92 Å². The Morgan fingerprint density at radius 2 is 2.00 bits per heavy atom. The maximum absolute atomic E-state index is 13.4. The molecule has 0 bridgehead atoms. The molecule has 104 valence electrons. The van der Waals surface area contributed by atoms with Gasteiger partial charge in [-0.3, -0.25) is 10.1 Å². The number of nitro groups is 1. The van der Waals surface area contributed by atoms with E-state index in [1.54, 1.807) is 19.1 Å². The number of rotatable bonds is 4. The number of benzene rings is 2. The predicted molar refractivity (Wildman–Crippen MR) is 71.5 cm³/mol. The minimum atomic E-state index is -0.964. The molecule has 0 spiro atoms. The highest BCUT2D eigenvalue weighted by atomic mass is 19.2. The van der Waals surface area contributed by atoms with E-state index in [1.807, 2.05) is 0 Å². The lowest BCUT2D eigenvalue weighted by Gasteiger charge is -2.08. The zero-order valence-corrected chi connectivity index (χ0v) is 10.7. The minimum Gasteiger partial charge on any atom is -0.379 e. The van der Waals surface area contributed by atoms with E-state index >= 15 is 0 Å². The first kappa shape index (κ1) is 13.9. The normalized spacial score (nSPS) is 10.3. The van der Waals surface area contributed by atoms with E-state index in [0.29, 0.717) is 11.1 Å². The molecule has 2 aromatic carbocycles. The molecule has 0 saturated carbocycles. The summed E-state index contributed by atoms with van der Waals surface area (Å²) in [7, 11) is 0. The van der Waals surface area contributed by atoms with Crippen LogP contribution < -0.4 is 5.32 Å². The number of hydrogen-bond donors (Lipinski definition) is 1. The van der Waals surface area contributed by atoms with Crippen molar-refractivity contribution in [3.05, 3.63) is 69.3 Å². The Morgan fingerprint density at radius 1 is 1.25 bits per heavy atom. The van der Waals surface area contributed by atoms with Gasteiger partial charge in [-0.05, 0) is 24.6 Å². The second-order valence-corrected chi connectivity index (χ2v) is 4.33. The quantitative estimate of drug-likeness (QED) is 0.683. The molecule has 2 rings (SSSR count). The first-order valence-electron chi connectivity index (χ1n) is 5.91. The molecule has 4 nitrogen and oxygen atoms in total. The van der Waals surface area contributed by atoms with Crippen LogP contribution in [0.15, 0.2) is 36.4 Å². The van der Waals surface area contributed by atoms with Gasteiger partial charge in [-0.15, -0.1) is 0 Å². The number of aryl methyl sites for hydroxylation is 1. The Balaban J connectivity index is 2.17. The summed E-state index contributed by atoms with van der Waals surface area (Å²) in [5.41, 5.74) is 1.19. The fourth-order valence-electron chi connectivity index (χ4n) is 1.80. The molecule has 2 aromatic rings. The molecule has 0 heterocycles. The van der Waals surface area contributed by atoms with E-state index in [9.17, 15) is 18.9 Å². The average Bonchev–Trinajstić information content (AvgIpc) is 2.41. The maximum Gasteiger partial charge on any atom is 0.272 e. The SMILES string of the molecule is Cc1ccc(CNc2cccc(F)c2F)cc1[N+](=O)[O-]. The summed E-state index contributed by atoms with van der Waals surface area (Å²) in [5, 5.41) is 13.5. The van der Waals surface area contributed by atoms with Gasteiger partial charge >= 0.3 is 0 Å². The second-order valence-electron chi connectivity index (χ2n) is 4.33. The minimum absolute atomic E-state index is 0.00372. The van der Waals surface area contributed by atoms with Crippen molar-refractivity contribution in [2.45, 2.75) is 13.5 Å². The first-order chi connectivity index (χ1) is 9.49. The molecule has 0 fully saturated rings. The van der Waals surface area contributed by atoms with Crippen LogP contribution in [0.4, 0.5) is 20.2 Å². The third kappa shape index (κ3) is 2.90. The highest BCUT2D eigenvalue weighted by molar-refractivity contribution is 5.47. The molecule has 0 aromatic heterocycles. The fourth-order valence-corrected chi connectivity index (χ4v) is 1.80. The standard InChI is InChI=1S/C14H12F2N2O2/c1-9-5-6-10(7-13(9)18(19)20)8-17-12-4-2-3-11(15)14(12)16/h2-7,17H,8H2,1H3. The van der Waals surface area contributed by atoms with Crippen LogP contribution in [0.2, 0.25) is 0 Å². The molecule has 0 aliphatic carbocycles. The van der Waals surface area contributed by atoms with Gasteiger partial charge in [0.2, 0.25) is 0 Å². The summed E-state index contributed by atoms with van der Waals surface area (Å²) in [6, 6.07) is 8.56. The highest BCUT2D eigenvalue weighted by Crippen LogP contribution is 2.21. The zero-order chi connectivity index (χ0) is 14.7. The molecule has 0 saturated heterocycles. The van der Waals surface area contributed by atoms with Gasteiger partial charge in [-0.25, -0.2) is 8.78 Å². The van der Waals surface area contributed by atoms with Gasteiger partial charge in [-0.1, -0.05) is 18.2 Å². The number of anilines is 1. The molecule has 6 heteroatoms. The Morgan fingerprint density at radius 3 is 2.70 bits per heavy atom. The molecular formula is C14H12F2N2O2. The van der Waals surface area contributed by atoms with E-state index < -0.39 is 16.6 Å². The number of hydrogen-bond acceptors (Lipinski definition) is 3.